The molecule has 8 nitrogen and oxygen atoms in total. The van der Waals surface area contributed by atoms with Gasteiger partial charge in [-0.05, 0) is 37.1 Å². The molecule has 154 valence electrons. The highest BCUT2D eigenvalue weighted by Crippen LogP contribution is 2.33. The van der Waals surface area contributed by atoms with E-state index in [-0.39, 0.29) is 33.9 Å². The molecule has 1 aliphatic heterocycles. The van der Waals surface area contributed by atoms with E-state index in [0.29, 0.717) is 18.4 Å². The van der Waals surface area contributed by atoms with Gasteiger partial charge in [0.2, 0.25) is 15.9 Å². The van der Waals surface area contributed by atoms with Gasteiger partial charge in [0, 0.05) is 31.4 Å². The number of hydrazine groups is 1. The lowest BCUT2D eigenvalue weighted by Crippen LogP contribution is -2.48. The van der Waals surface area contributed by atoms with Crippen LogP contribution in [0.5, 0.6) is 0 Å². The van der Waals surface area contributed by atoms with Crippen LogP contribution in [0.2, 0.25) is 10.0 Å². The number of sulfonamides is 1. The number of carbonyl (C=O) groups excluding carboxylic acids is 2. The van der Waals surface area contributed by atoms with Crippen LogP contribution in [0.25, 0.3) is 0 Å². The Bertz CT molecular complexity index is 990. The third-order valence-electron chi connectivity index (χ3n) is 4.56. The summed E-state index contributed by atoms with van der Waals surface area (Å²) in [5, 5.41) is 0.103. The third-order valence-corrected chi connectivity index (χ3v) is 7.42. The topological polar surface area (TPSA) is 108 Å². The summed E-state index contributed by atoms with van der Waals surface area (Å²) >= 11 is 12.1. The largest absolute Gasteiger partial charge is 0.273 e. The first-order valence-electron chi connectivity index (χ1n) is 8.75. The molecule has 29 heavy (non-hydrogen) atoms. The van der Waals surface area contributed by atoms with E-state index in [0.717, 1.165) is 0 Å². The fraction of sp³-hybridized carbons (Fsp3) is 0.278. The number of pyridine rings is 1. The summed E-state index contributed by atoms with van der Waals surface area (Å²) in [6.45, 7) is 0.275. The number of amides is 2. The maximum atomic E-state index is 12.9. The van der Waals surface area contributed by atoms with Crippen LogP contribution in [-0.4, -0.2) is 42.6 Å². The van der Waals surface area contributed by atoms with Crippen molar-refractivity contribution in [2.24, 2.45) is 5.92 Å². The van der Waals surface area contributed by atoms with Gasteiger partial charge in [-0.15, -0.1) is 0 Å². The Kier molecular flexibility index (Phi) is 6.74. The second kappa shape index (κ2) is 9.08. The van der Waals surface area contributed by atoms with Gasteiger partial charge in [-0.1, -0.05) is 29.3 Å². The molecule has 2 aromatic rings. The maximum Gasteiger partial charge on any atom is 0.271 e. The molecule has 2 amide bonds. The van der Waals surface area contributed by atoms with E-state index in [2.05, 4.69) is 15.8 Å². The monoisotopic (exact) mass is 456 g/mol. The molecular weight excluding hydrogens is 439 g/mol. The summed E-state index contributed by atoms with van der Waals surface area (Å²) < 4.78 is 27.0. The zero-order valence-electron chi connectivity index (χ0n) is 15.1. The normalized spacial score (nSPS) is 15.7. The first kappa shape index (κ1) is 21.5. The van der Waals surface area contributed by atoms with Crippen molar-refractivity contribution in [3.8, 4) is 0 Å². The molecule has 0 bridgehead atoms. The van der Waals surface area contributed by atoms with E-state index in [1.54, 1.807) is 18.2 Å². The van der Waals surface area contributed by atoms with Crippen molar-refractivity contribution >= 4 is 45.0 Å². The molecule has 1 aromatic carbocycles. The molecule has 1 fully saturated rings. The van der Waals surface area contributed by atoms with Gasteiger partial charge in [0.15, 0.2) is 0 Å². The Morgan fingerprint density at radius 3 is 2.28 bits per heavy atom. The quantitative estimate of drug-likeness (QED) is 0.685. The lowest BCUT2D eigenvalue weighted by Gasteiger charge is -2.30. The van der Waals surface area contributed by atoms with Crippen LogP contribution in [0.4, 0.5) is 0 Å². The van der Waals surface area contributed by atoms with E-state index in [4.69, 9.17) is 23.2 Å². The second-order valence-electron chi connectivity index (χ2n) is 6.41. The van der Waals surface area contributed by atoms with Crippen LogP contribution in [0.3, 0.4) is 0 Å². The Morgan fingerprint density at radius 1 is 1.03 bits per heavy atom. The minimum absolute atomic E-state index is 0.0514. The van der Waals surface area contributed by atoms with Crippen molar-refractivity contribution < 1.29 is 18.0 Å². The number of hydrogen-bond acceptors (Lipinski definition) is 5. The van der Waals surface area contributed by atoms with Gasteiger partial charge in [0.1, 0.15) is 4.90 Å². The molecule has 0 atom stereocenters. The average Bonchev–Trinajstić information content (AvgIpc) is 2.72. The van der Waals surface area contributed by atoms with Gasteiger partial charge in [-0.25, -0.2) is 8.42 Å². The van der Waals surface area contributed by atoms with Gasteiger partial charge >= 0.3 is 0 Å². The fourth-order valence-electron chi connectivity index (χ4n) is 3.01. The SMILES string of the molecule is O=C(NNC(=O)C1CCN(S(=O)(=O)c2c(Cl)cccc2Cl)CC1)c1cccnc1. The van der Waals surface area contributed by atoms with Crippen LogP contribution in [0, 0.1) is 5.92 Å². The zero-order chi connectivity index (χ0) is 21.0. The van der Waals surface area contributed by atoms with Crippen LogP contribution in [-0.2, 0) is 14.8 Å². The molecule has 1 saturated heterocycles. The van der Waals surface area contributed by atoms with Crippen molar-refractivity contribution in [2.45, 2.75) is 17.7 Å². The number of rotatable bonds is 4. The standard InChI is InChI=1S/C18H18Cl2N4O4S/c19-14-4-1-5-15(20)16(14)29(27,28)24-9-6-12(7-10-24)17(25)22-23-18(26)13-3-2-8-21-11-13/h1-5,8,11-12H,6-7,9-10H2,(H,22,25)(H,23,26). The predicted molar refractivity (Wildman–Crippen MR) is 108 cm³/mol. The smallest absolute Gasteiger partial charge is 0.271 e. The number of nitrogens with zero attached hydrogens (tertiary/aromatic N) is 2. The first-order chi connectivity index (χ1) is 13.8. The number of halogens is 2. The number of hydrogen-bond donors (Lipinski definition) is 2. The molecule has 0 spiro atoms. The van der Waals surface area contributed by atoms with Crippen molar-refractivity contribution in [3.63, 3.8) is 0 Å². The minimum atomic E-state index is -3.87. The van der Waals surface area contributed by atoms with Crippen LogP contribution < -0.4 is 10.9 Å². The molecule has 1 aromatic heterocycles. The Hall–Kier alpha value is -2.20. The second-order valence-corrected chi connectivity index (χ2v) is 9.10. The minimum Gasteiger partial charge on any atom is -0.273 e. The summed E-state index contributed by atoms with van der Waals surface area (Å²) in [7, 11) is -3.87. The van der Waals surface area contributed by atoms with E-state index in [1.165, 1.54) is 28.8 Å². The number of piperidine rings is 1. The number of benzene rings is 1. The lowest BCUT2D eigenvalue weighted by atomic mass is 9.98. The molecule has 1 aliphatic rings. The number of carbonyl (C=O) groups is 2. The van der Waals surface area contributed by atoms with Gasteiger partial charge in [-0.3, -0.25) is 25.4 Å². The van der Waals surface area contributed by atoms with E-state index < -0.39 is 21.8 Å². The highest BCUT2D eigenvalue weighted by molar-refractivity contribution is 7.89. The summed E-state index contributed by atoms with van der Waals surface area (Å²) in [5.74, 6) is -1.30. The van der Waals surface area contributed by atoms with Crippen molar-refractivity contribution in [2.75, 3.05) is 13.1 Å². The molecular formula is C18H18Cl2N4O4S. The molecule has 0 saturated carbocycles. The number of nitrogens with one attached hydrogen (secondary N) is 2. The van der Waals surface area contributed by atoms with E-state index in [9.17, 15) is 18.0 Å². The van der Waals surface area contributed by atoms with Gasteiger partial charge in [-0.2, -0.15) is 4.31 Å². The maximum absolute atomic E-state index is 12.9. The summed E-state index contributed by atoms with van der Waals surface area (Å²) in [5.41, 5.74) is 5.02. The number of aromatic nitrogens is 1. The molecule has 11 heteroatoms. The lowest BCUT2D eigenvalue weighted by molar-refractivity contribution is -0.126. The van der Waals surface area contributed by atoms with Gasteiger partial charge < -0.3 is 0 Å². The highest BCUT2D eigenvalue weighted by atomic mass is 35.5. The molecule has 0 radical (unpaired) electrons. The Labute approximate surface area is 178 Å². The van der Waals surface area contributed by atoms with Crippen molar-refractivity contribution in [3.05, 3.63) is 58.3 Å². The van der Waals surface area contributed by atoms with Gasteiger partial charge in [0.05, 0.1) is 15.6 Å². The molecule has 2 heterocycles. The Balaban J connectivity index is 1.57. The summed E-state index contributed by atoms with van der Waals surface area (Å²) in [4.78, 5) is 28.0. The molecule has 3 rings (SSSR count). The summed E-state index contributed by atoms with van der Waals surface area (Å²) in [6.07, 6.45) is 3.52. The van der Waals surface area contributed by atoms with Crippen LogP contribution in [0.1, 0.15) is 23.2 Å². The summed E-state index contributed by atoms with van der Waals surface area (Å²) in [6, 6.07) is 7.67. The van der Waals surface area contributed by atoms with E-state index >= 15 is 0 Å². The van der Waals surface area contributed by atoms with Crippen molar-refractivity contribution in [1.29, 1.82) is 0 Å². The highest BCUT2D eigenvalue weighted by Gasteiger charge is 2.34. The predicted octanol–water partition coefficient (Wildman–Crippen LogP) is 2.25. The molecule has 2 N–H and O–H groups in total. The fourth-order valence-corrected chi connectivity index (χ4v) is 5.57. The zero-order valence-corrected chi connectivity index (χ0v) is 17.5. The third kappa shape index (κ3) is 4.87. The van der Waals surface area contributed by atoms with Crippen LogP contribution in [0.15, 0.2) is 47.6 Å². The average molecular weight is 457 g/mol. The van der Waals surface area contributed by atoms with Gasteiger partial charge in [0.25, 0.3) is 5.91 Å². The van der Waals surface area contributed by atoms with Crippen LogP contribution >= 0.6 is 23.2 Å². The molecule has 0 aliphatic carbocycles. The van der Waals surface area contributed by atoms with Crippen molar-refractivity contribution in [1.82, 2.24) is 20.1 Å². The molecule has 0 unspecified atom stereocenters. The first-order valence-corrected chi connectivity index (χ1v) is 10.9. The Morgan fingerprint density at radius 2 is 1.69 bits per heavy atom. The van der Waals surface area contributed by atoms with E-state index in [1.807, 2.05) is 0 Å².